The first-order chi connectivity index (χ1) is 25.6. The summed E-state index contributed by atoms with van der Waals surface area (Å²) >= 11 is 26.5. The van der Waals surface area contributed by atoms with Crippen molar-refractivity contribution in [2.45, 2.75) is 65.1 Å². The zero-order valence-corrected chi connectivity index (χ0v) is 37.7. The number of ether oxygens (including phenoxy) is 4. The Hall–Kier alpha value is -2.27. The summed E-state index contributed by atoms with van der Waals surface area (Å²) in [5.74, 6) is -0.824. The molecule has 0 amide bonds. The number of methoxy groups -OCH3 is 2. The van der Waals surface area contributed by atoms with Crippen LogP contribution < -0.4 is 9.47 Å². The van der Waals surface area contributed by atoms with Crippen LogP contribution in [0.1, 0.15) is 49.9 Å². The van der Waals surface area contributed by atoms with Crippen LogP contribution in [0.25, 0.3) is 11.1 Å². The molecule has 0 aliphatic carbocycles. The van der Waals surface area contributed by atoms with Gasteiger partial charge >= 0.3 is 29.9 Å². The van der Waals surface area contributed by atoms with Crippen LogP contribution in [0.15, 0.2) is 35.8 Å². The molecule has 0 spiro atoms. The van der Waals surface area contributed by atoms with Crippen molar-refractivity contribution >= 4 is 82.0 Å². The van der Waals surface area contributed by atoms with Gasteiger partial charge in [0.25, 0.3) is 0 Å². The lowest BCUT2D eigenvalue weighted by atomic mass is 9.98. The fourth-order valence-electron chi connectivity index (χ4n) is 4.84. The third-order valence-corrected chi connectivity index (χ3v) is 10.7. The molecule has 0 aromatic heterocycles. The molecule has 2 unspecified atom stereocenters. The molecule has 0 saturated heterocycles. The number of halogens is 9. The fraction of sp³-hybridized carbons (Fsp3) is 0.471. The summed E-state index contributed by atoms with van der Waals surface area (Å²) in [5.41, 5.74) is -2.63. The summed E-state index contributed by atoms with van der Waals surface area (Å²) in [7, 11) is 2.88. The van der Waals surface area contributed by atoms with E-state index < -0.39 is 60.8 Å². The maximum Gasteiger partial charge on any atom is 0.412 e. The number of cyclic esters (lactones) is 2. The van der Waals surface area contributed by atoms with E-state index in [1.54, 1.807) is 45.0 Å². The molecule has 2 aliphatic heterocycles. The highest BCUT2D eigenvalue weighted by Gasteiger charge is 2.47. The predicted octanol–water partition coefficient (Wildman–Crippen LogP) is 10.3. The van der Waals surface area contributed by atoms with Crippen LogP contribution in [0.2, 0.25) is 10.0 Å². The van der Waals surface area contributed by atoms with Gasteiger partial charge < -0.3 is 33.1 Å². The summed E-state index contributed by atoms with van der Waals surface area (Å²) in [4.78, 5) is 24.5. The quantitative estimate of drug-likeness (QED) is 0.139. The molecule has 0 radical (unpaired) electrons. The minimum Gasteiger partial charge on any atom is -0.507 e. The number of hydrogen-bond acceptors (Lipinski definition) is 12. The zero-order chi connectivity index (χ0) is 44.3. The van der Waals surface area contributed by atoms with E-state index in [1.165, 1.54) is 41.4 Å². The first-order valence-electron chi connectivity index (χ1n) is 16.0. The van der Waals surface area contributed by atoms with E-state index in [0.29, 0.717) is 16.3 Å². The third kappa shape index (κ3) is 14.8. The number of benzene rings is 2. The SMILES string of the molecule is COc1cc(C)cc(Cl)c1C1=C(O)C(C)(C)OC1=O.COc1cc(C)cc(Cl)c1C1=C(OP(C)(=S)OCC(F)(F)F)C(C)(C)OC1=O.CP(=S)([ClH+])OCC(F)(F)F. The van der Waals surface area contributed by atoms with Gasteiger partial charge in [0.15, 0.2) is 47.2 Å². The Labute approximate surface area is 350 Å². The minimum atomic E-state index is -4.57. The van der Waals surface area contributed by atoms with Gasteiger partial charge in [-0.25, -0.2) is 9.59 Å². The summed E-state index contributed by atoms with van der Waals surface area (Å²) in [5, 5.41) is 10.7. The van der Waals surface area contributed by atoms with E-state index >= 15 is 0 Å². The Morgan fingerprint density at radius 2 is 1.14 bits per heavy atom. The molecule has 0 bridgehead atoms. The predicted molar refractivity (Wildman–Crippen MR) is 209 cm³/mol. The molecule has 2 aromatic carbocycles. The van der Waals surface area contributed by atoms with Crippen LogP contribution in [0.4, 0.5) is 26.3 Å². The molecule has 10 nitrogen and oxygen atoms in total. The smallest absolute Gasteiger partial charge is 0.412 e. The topological polar surface area (TPSA) is 119 Å². The van der Waals surface area contributed by atoms with Crippen molar-refractivity contribution in [2.75, 3.05) is 40.8 Å². The van der Waals surface area contributed by atoms with Crippen molar-refractivity contribution < 1.29 is 84.8 Å². The number of carbonyl (C=O) groups excluding carboxylic acids is 2. The maximum absolute atomic E-state index is 12.6. The van der Waals surface area contributed by atoms with E-state index in [-0.39, 0.29) is 39.0 Å². The number of rotatable bonds is 10. The van der Waals surface area contributed by atoms with Crippen molar-refractivity contribution in [3.05, 3.63) is 68.1 Å². The van der Waals surface area contributed by atoms with Crippen molar-refractivity contribution in [2.24, 2.45) is 0 Å². The number of aliphatic hydroxyl groups is 1. The van der Waals surface area contributed by atoms with E-state index in [9.17, 15) is 41.0 Å². The molecular formula is C34H40Cl3F6O10P2S2+. The van der Waals surface area contributed by atoms with Crippen molar-refractivity contribution in [1.29, 1.82) is 0 Å². The molecule has 1 N–H and O–H groups in total. The van der Waals surface area contributed by atoms with Gasteiger partial charge in [-0.15, -0.1) is 0 Å². The second-order valence-electron chi connectivity index (χ2n) is 13.3. The van der Waals surface area contributed by atoms with Gasteiger partial charge in [-0.1, -0.05) is 23.2 Å². The molecule has 2 heterocycles. The Balaban J connectivity index is 0.000000332. The van der Waals surface area contributed by atoms with Crippen molar-refractivity contribution in [3.63, 3.8) is 0 Å². The Bertz CT molecular complexity index is 2030. The third-order valence-electron chi connectivity index (χ3n) is 7.20. The van der Waals surface area contributed by atoms with Gasteiger partial charge in [-0.05, 0) is 101 Å². The molecule has 4 rings (SSSR count). The molecule has 2 atom stereocenters. The molecule has 2 aliphatic rings. The Morgan fingerprint density at radius 1 is 0.754 bits per heavy atom. The minimum absolute atomic E-state index is 0.0467. The largest absolute Gasteiger partial charge is 0.507 e. The summed E-state index contributed by atoms with van der Waals surface area (Å²) < 4.78 is 107. The Morgan fingerprint density at radius 3 is 1.49 bits per heavy atom. The monoisotopic (exact) mass is 953 g/mol. The molecule has 23 heteroatoms. The van der Waals surface area contributed by atoms with Gasteiger partial charge in [-0.2, -0.15) is 26.3 Å². The van der Waals surface area contributed by atoms with Crippen LogP contribution in [0.3, 0.4) is 0 Å². The number of alkyl halides is 6. The highest BCUT2D eigenvalue weighted by atomic mass is 35.7. The summed E-state index contributed by atoms with van der Waals surface area (Å²) in [6.45, 7) is 6.20. The molecule has 0 fully saturated rings. The maximum atomic E-state index is 12.6. The van der Waals surface area contributed by atoms with Gasteiger partial charge in [-0.3, -0.25) is 4.52 Å². The van der Waals surface area contributed by atoms with Crippen molar-refractivity contribution in [1.82, 2.24) is 0 Å². The highest BCUT2D eigenvalue weighted by Crippen LogP contribution is 2.54. The lowest BCUT2D eigenvalue weighted by molar-refractivity contribution is -0.201. The van der Waals surface area contributed by atoms with E-state index in [2.05, 4.69) is 27.6 Å². The number of carbonyl (C=O) groups is 2. The van der Waals surface area contributed by atoms with Crippen LogP contribution in [0.5, 0.6) is 11.5 Å². The fourth-order valence-corrected chi connectivity index (χ4v) is 7.72. The van der Waals surface area contributed by atoms with Gasteiger partial charge in [0, 0.05) is 13.3 Å². The lowest BCUT2D eigenvalue weighted by Crippen LogP contribution is -2.24. The number of aliphatic hydroxyl groups excluding tert-OH is 1. The highest BCUT2D eigenvalue weighted by molar-refractivity contribution is 8.09. The molecular weight excluding hydrogens is 915 g/mol. The second-order valence-corrected chi connectivity index (χ2v) is 24.7. The van der Waals surface area contributed by atoms with Gasteiger partial charge in [0.1, 0.15) is 22.6 Å². The second kappa shape index (κ2) is 19.0. The summed E-state index contributed by atoms with van der Waals surface area (Å²) in [6.07, 6.45) is -8.89. The van der Waals surface area contributed by atoms with E-state index in [0.717, 1.165) is 11.1 Å². The average Bonchev–Trinajstić information content (AvgIpc) is 3.37. The zero-order valence-electron chi connectivity index (χ0n) is 32.0. The van der Waals surface area contributed by atoms with Crippen LogP contribution >= 0.6 is 35.3 Å². The lowest BCUT2D eigenvalue weighted by Gasteiger charge is -2.27. The standard InChI is InChI=1S/C17H19ClF3O5PS.C14H15ClO4.C3H6ClF3OPS/c1-9-6-10(18)12(11(7-9)23-4)13-14(16(2,3)25-15(13)22)26-27(5,28)24-8-17(19,20)21;1-7-5-8(15)10(9(6-7)18-4)11-12(16)14(2,3)19-13(11)17;1-9(4,10)8-2-3(5,6)7/h6-7H,8H2,1-5H3;5-6,16H,1-4H3;4H,2H2,1H3/q;;+1. The molecule has 320 valence electrons. The normalized spacial score (nSPS) is 18.3. The van der Waals surface area contributed by atoms with Crippen molar-refractivity contribution in [3.8, 4) is 11.5 Å². The number of esters is 2. The first kappa shape index (κ1) is 50.9. The Kier molecular flexibility index (Phi) is 16.9. The molecule has 0 saturated carbocycles. The van der Waals surface area contributed by atoms with Crippen LogP contribution in [0, 0.1) is 25.1 Å². The molecule has 2 aromatic rings. The summed E-state index contributed by atoms with van der Waals surface area (Å²) in [6, 6.07) is 6.73. The van der Waals surface area contributed by atoms with Crippen LogP contribution in [-0.4, -0.2) is 81.4 Å². The number of aryl methyl sites for hydroxylation is 2. The van der Waals surface area contributed by atoms with E-state index in [1.807, 2.05) is 6.92 Å². The molecule has 57 heavy (non-hydrogen) atoms. The van der Waals surface area contributed by atoms with Crippen LogP contribution in [-0.2, 0) is 56.2 Å². The number of hydrogen-bond donors (Lipinski definition) is 1. The van der Waals surface area contributed by atoms with Gasteiger partial charge in [0.05, 0.1) is 35.4 Å². The first-order valence-corrected chi connectivity index (χ1v) is 24.0. The average molecular weight is 955 g/mol. The van der Waals surface area contributed by atoms with Gasteiger partial charge in [0.2, 0.25) is 6.49 Å². The van der Waals surface area contributed by atoms with E-state index in [4.69, 9.17) is 63.0 Å².